The quantitative estimate of drug-likeness (QED) is 0.285. The van der Waals surface area contributed by atoms with Crippen LogP contribution in [0.1, 0.15) is 79.6 Å². The van der Waals surface area contributed by atoms with E-state index >= 15 is 0 Å². The molecule has 0 heterocycles. The summed E-state index contributed by atoms with van der Waals surface area (Å²) < 4.78 is 9.87. The van der Waals surface area contributed by atoms with Crippen LogP contribution in [0.15, 0.2) is 11.6 Å². The Hall–Kier alpha value is 0.00870. The zero-order valence-electron chi connectivity index (χ0n) is 15.0. The number of carbonyl (C=O) groups is 1. The first-order chi connectivity index (χ1) is 10.0. The van der Waals surface area contributed by atoms with E-state index in [9.17, 15) is 4.79 Å². The van der Waals surface area contributed by atoms with E-state index < -0.39 is 18.8 Å². The first kappa shape index (κ1) is 21.0. The van der Waals surface area contributed by atoms with Crippen LogP contribution >= 0.6 is 0 Å². The Kier molecular flexibility index (Phi) is 12.5. The van der Waals surface area contributed by atoms with Gasteiger partial charge in [-0.05, 0) is 0 Å². The zero-order valence-corrected chi connectivity index (χ0v) is 17.8. The molecule has 3 heteroatoms. The van der Waals surface area contributed by atoms with E-state index in [4.69, 9.17) is 3.07 Å². The second kappa shape index (κ2) is 12.5. The molecule has 0 saturated carbocycles. The Morgan fingerprint density at radius 3 is 1.67 bits per heavy atom. The van der Waals surface area contributed by atoms with Gasteiger partial charge < -0.3 is 0 Å². The van der Waals surface area contributed by atoms with Crippen LogP contribution in [0.3, 0.4) is 0 Å². The topological polar surface area (TPSA) is 26.3 Å². The predicted octanol–water partition coefficient (Wildman–Crippen LogP) is 6.23. The third-order valence-corrected chi connectivity index (χ3v) is 16.8. The Morgan fingerprint density at radius 2 is 1.33 bits per heavy atom. The molecule has 0 aromatic rings. The van der Waals surface area contributed by atoms with Crippen LogP contribution in [0, 0.1) is 0 Å². The van der Waals surface area contributed by atoms with Gasteiger partial charge in [0.2, 0.25) is 0 Å². The molecule has 0 unspecified atom stereocenters. The molecule has 0 rings (SSSR count). The maximum atomic E-state index is 12.3. The zero-order chi connectivity index (χ0) is 16.1. The van der Waals surface area contributed by atoms with Gasteiger partial charge >= 0.3 is 137 Å². The minimum absolute atomic E-state index is 0.0477. The van der Waals surface area contributed by atoms with Gasteiger partial charge in [0.05, 0.1) is 0 Å². The molecule has 0 bridgehead atoms. The average Bonchev–Trinajstić information content (AvgIpc) is 2.48. The van der Waals surface area contributed by atoms with Crippen LogP contribution in [-0.2, 0) is 7.87 Å². The van der Waals surface area contributed by atoms with Crippen LogP contribution < -0.4 is 0 Å². The molecule has 2 nitrogen and oxygen atoms in total. The van der Waals surface area contributed by atoms with E-state index in [0.717, 1.165) is 12.0 Å². The van der Waals surface area contributed by atoms with E-state index in [0.29, 0.717) is 0 Å². The molecule has 0 aromatic carbocycles. The fourth-order valence-corrected chi connectivity index (χ4v) is 15.5. The minimum atomic E-state index is -2.75. The first-order valence-electron chi connectivity index (χ1n) is 8.93. The molecule has 0 saturated heterocycles. The summed E-state index contributed by atoms with van der Waals surface area (Å²) >= 11 is -2.75. The van der Waals surface area contributed by atoms with Crippen molar-refractivity contribution in [2.75, 3.05) is 0 Å². The van der Waals surface area contributed by atoms with E-state index in [2.05, 4.69) is 27.7 Å². The molecule has 0 aromatic heterocycles. The summed E-state index contributed by atoms with van der Waals surface area (Å²) in [6.07, 6.45) is 9.97. The van der Waals surface area contributed by atoms with Gasteiger partial charge in [-0.3, -0.25) is 0 Å². The summed E-state index contributed by atoms with van der Waals surface area (Å²) in [7, 11) is 0. The van der Waals surface area contributed by atoms with Gasteiger partial charge in [-0.2, -0.15) is 0 Å². The normalized spacial score (nSPS) is 12.5. The second-order valence-electron chi connectivity index (χ2n) is 6.26. The molecule has 0 amide bonds. The Balaban J connectivity index is 4.97. The van der Waals surface area contributed by atoms with Crippen molar-refractivity contribution in [2.45, 2.75) is 92.9 Å². The van der Waals surface area contributed by atoms with Gasteiger partial charge in [0.1, 0.15) is 0 Å². The van der Waals surface area contributed by atoms with Crippen molar-refractivity contribution in [1.29, 1.82) is 0 Å². The molecule has 0 aliphatic rings. The fraction of sp³-hybridized carbons (Fsp3) is 0.833. The molecule has 0 atom stereocenters. The molecule has 0 aliphatic carbocycles. The number of unbranched alkanes of at least 4 members (excludes halogenated alkanes) is 3. The van der Waals surface area contributed by atoms with Crippen molar-refractivity contribution < 1.29 is 7.87 Å². The van der Waals surface area contributed by atoms with Crippen molar-refractivity contribution in [3.8, 4) is 0 Å². The van der Waals surface area contributed by atoms with E-state index in [1.807, 2.05) is 6.92 Å². The first-order valence-corrected chi connectivity index (χ1v) is 16.2. The SMILES string of the molecule is CCC[CH2][Sn]([CH2]CCC)([CH2]CCC)[O]C(=O)/C=C(/C)CC. The van der Waals surface area contributed by atoms with Crippen molar-refractivity contribution in [1.82, 2.24) is 0 Å². The molecule has 0 spiro atoms. The summed E-state index contributed by atoms with van der Waals surface area (Å²) in [5, 5.41) is 0. The summed E-state index contributed by atoms with van der Waals surface area (Å²) in [5.74, 6) is -0.0477. The number of carbonyl (C=O) groups excluding carboxylic acids is 1. The Labute approximate surface area is 137 Å². The Morgan fingerprint density at radius 1 is 0.905 bits per heavy atom. The predicted molar refractivity (Wildman–Crippen MR) is 95.0 cm³/mol. The Bertz CT molecular complexity index is 289. The molecule has 0 radical (unpaired) electrons. The molecular formula is C18H36O2Sn. The van der Waals surface area contributed by atoms with Crippen molar-refractivity contribution in [3.05, 3.63) is 11.6 Å². The van der Waals surface area contributed by atoms with Crippen molar-refractivity contribution in [2.24, 2.45) is 0 Å². The van der Waals surface area contributed by atoms with Crippen LogP contribution in [0.25, 0.3) is 0 Å². The van der Waals surface area contributed by atoms with E-state index in [1.54, 1.807) is 6.08 Å². The van der Waals surface area contributed by atoms with Crippen molar-refractivity contribution in [3.63, 3.8) is 0 Å². The third kappa shape index (κ3) is 9.59. The summed E-state index contributed by atoms with van der Waals surface area (Å²) in [6, 6.07) is 0. The van der Waals surface area contributed by atoms with Gasteiger partial charge in [-0.15, -0.1) is 0 Å². The third-order valence-electron chi connectivity index (χ3n) is 4.20. The van der Waals surface area contributed by atoms with Gasteiger partial charge in [-0.25, -0.2) is 0 Å². The molecular weight excluding hydrogens is 367 g/mol. The number of allylic oxidation sites excluding steroid dienone is 1. The summed E-state index contributed by atoms with van der Waals surface area (Å²) in [6.45, 7) is 10.8. The van der Waals surface area contributed by atoms with Gasteiger partial charge in [0.15, 0.2) is 0 Å². The van der Waals surface area contributed by atoms with E-state index in [1.165, 1.54) is 51.8 Å². The van der Waals surface area contributed by atoms with Crippen LogP contribution in [-0.4, -0.2) is 24.8 Å². The molecule has 0 aliphatic heterocycles. The van der Waals surface area contributed by atoms with E-state index in [-0.39, 0.29) is 5.97 Å². The summed E-state index contributed by atoms with van der Waals surface area (Å²) in [5.41, 5.74) is 1.13. The standard InChI is InChI=1S/C6H10O2.3C4H9.Sn/c1-3-5(2)4-6(7)8;3*1-3-4-2;/h4H,3H2,1-2H3,(H,7,8);3*1,3-4H2,2H3;/q;;;;+1/p-1/b5-4-;;;;. The molecule has 124 valence electrons. The fourth-order valence-electron chi connectivity index (χ4n) is 2.57. The van der Waals surface area contributed by atoms with Crippen LogP contribution in [0.5, 0.6) is 0 Å². The van der Waals surface area contributed by atoms with Gasteiger partial charge in [-0.1, -0.05) is 0 Å². The number of hydrogen-bond donors (Lipinski definition) is 0. The average molecular weight is 403 g/mol. The monoisotopic (exact) mass is 404 g/mol. The number of rotatable bonds is 12. The maximum absolute atomic E-state index is 12.3. The second-order valence-corrected chi connectivity index (χ2v) is 17.9. The van der Waals surface area contributed by atoms with Crippen molar-refractivity contribution >= 4 is 24.8 Å². The van der Waals surface area contributed by atoms with Gasteiger partial charge in [0.25, 0.3) is 0 Å². The van der Waals surface area contributed by atoms with Gasteiger partial charge in [0, 0.05) is 0 Å². The molecule has 21 heavy (non-hydrogen) atoms. The molecule has 0 fully saturated rings. The number of hydrogen-bond acceptors (Lipinski definition) is 2. The van der Waals surface area contributed by atoms with Crippen LogP contribution in [0.2, 0.25) is 13.3 Å². The molecule has 0 N–H and O–H groups in total. The van der Waals surface area contributed by atoms with Crippen LogP contribution in [0.4, 0.5) is 0 Å². The summed E-state index contributed by atoms with van der Waals surface area (Å²) in [4.78, 5) is 12.3.